The molecular formula is C20H20N2O3. The van der Waals surface area contributed by atoms with Crippen LogP contribution in [0.3, 0.4) is 0 Å². The molecule has 2 N–H and O–H groups in total. The van der Waals surface area contributed by atoms with Gasteiger partial charge in [0.1, 0.15) is 5.75 Å². The van der Waals surface area contributed by atoms with Crippen molar-refractivity contribution >= 4 is 16.8 Å². The van der Waals surface area contributed by atoms with Crippen LogP contribution in [-0.4, -0.2) is 17.5 Å². The lowest BCUT2D eigenvalue weighted by Crippen LogP contribution is -2.27. The van der Waals surface area contributed by atoms with Gasteiger partial charge in [-0.25, -0.2) is 0 Å². The number of ether oxygens (including phenoxy) is 1. The standard InChI is InChI=1S/C20H20N2O3/c1-14-7-8-15-12-16(20(24)22-18(15)11-14)13-21-19(23)9-10-25-17-5-3-2-4-6-17/h2-8,11-12H,9-10,13H2,1H3,(H,21,23)(H,22,24). The third-order valence-electron chi connectivity index (χ3n) is 3.90. The van der Waals surface area contributed by atoms with Crippen molar-refractivity contribution in [2.75, 3.05) is 6.61 Å². The second kappa shape index (κ2) is 7.66. The van der Waals surface area contributed by atoms with Gasteiger partial charge in [0.05, 0.1) is 13.0 Å². The van der Waals surface area contributed by atoms with Crippen LogP contribution in [0.5, 0.6) is 5.75 Å². The summed E-state index contributed by atoms with van der Waals surface area (Å²) in [6, 6.07) is 17.0. The Morgan fingerprint density at radius 3 is 2.72 bits per heavy atom. The summed E-state index contributed by atoms with van der Waals surface area (Å²) in [6.07, 6.45) is 0.236. The lowest BCUT2D eigenvalue weighted by Gasteiger charge is -2.08. The molecule has 0 radical (unpaired) electrons. The molecule has 0 aliphatic heterocycles. The van der Waals surface area contributed by atoms with Crippen molar-refractivity contribution in [1.29, 1.82) is 0 Å². The Labute approximate surface area is 145 Å². The molecule has 1 aromatic heterocycles. The van der Waals surface area contributed by atoms with Gasteiger partial charge in [-0.05, 0) is 42.1 Å². The summed E-state index contributed by atoms with van der Waals surface area (Å²) >= 11 is 0. The molecule has 0 bridgehead atoms. The third-order valence-corrected chi connectivity index (χ3v) is 3.90. The molecule has 0 aliphatic carbocycles. The Hall–Kier alpha value is -3.08. The molecule has 0 unspecified atom stereocenters. The van der Waals surface area contributed by atoms with E-state index in [9.17, 15) is 9.59 Å². The van der Waals surface area contributed by atoms with E-state index in [2.05, 4.69) is 10.3 Å². The highest BCUT2D eigenvalue weighted by atomic mass is 16.5. The highest BCUT2D eigenvalue weighted by Crippen LogP contribution is 2.13. The van der Waals surface area contributed by atoms with Crippen molar-refractivity contribution in [3.63, 3.8) is 0 Å². The molecule has 128 valence electrons. The molecule has 0 aliphatic rings. The van der Waals surface area contributed by atoms with Gasteiger partial charge in [-0.3, -0.25) is 9.59 Å². The van der Waals surface area contributed by atoms with Gasteiger partial charge in [-0.2, -0.15) is 0 Å². The lowest BCUT2D eigenvalue weighted by molar-refractivity contribution is -0.121. The van der Waals surface area contributed by atoms with Gasteiger partial charge < -0.3 is 15.0 Å². The Kier molecular flexibility index (Phi) is 5.14. The van der Waals surface area contributed by atoms with Crippen LogP contribution in [0.2, 0.25) is 0 Å². The summed E-state index contributed by atoms with van der Waals surface area (Å²) < 4.78 is 5.49. The minimum absolute atomic E-state index is 0.153. The number of aromatic nitrogens is 1. The van der Waals surface area contributed by atoms with Gasteiger partial charge >= 0.3 is 0 Å². The number of aromatic amines is 1. The van der Waals surface area contributed by atoms with Crippen LogP contribution >= 0.6 is 0 Å². The quantitative estimate of drug-likeness (QED) is 0.727. The fourth-order valence-corrected chi connectivity index (χ4v) is 2.55. The molecule has 2 aromatic carbocycles. The molecular weight excluding hydrogens is 316 g/mol. The van der Waals surface area contributed by atoms with Gasteiger partial charge in [0, 0.05) is 17.6 Å². The molecule has 5 nitrogen and oxygen atoms in total. The normalized spacial score (nSPS) is 10.6. The molecule has 0 spiro atoms. The molecule has 1 amide bonds. The minimum atomic E-state index is -0.182. The molecule has 0 saturated heterocycles. The first kappa shape index (κ1) is 16.8. The Balaban J connectivity index is 1.55. The predicted octanol–water partition coefficient (Wildman–Crippen LogP) is 2.92. The first-order valence-electron chi connectivity index (χ1n) is 8.19. The van der Waals surface area contributed by atoms with Crippen molar-refractivity contribution < 1.29 is 9.53 Å². The molecule has 1 heterocycles. The summed E-state index contributed by atoms with van der Waals surface area (Å²) in [5, 5.41) is 3.71. The van der Waals surface area contributed by atoms with Crippen molar-refractivity contribution in [1.82, 2.24) is 10.3 Å². The van der Waals surface area contributed by atoms with Crippen molar-refractivity contribution in [3.8, 4) is 5.75 Å². The number of nitrogens with one attached hydrogen (secondary N) is 2. The Morgan fingerprint density at radius 1 is 1.12 bits per heavy atom. The van der Waals surface area contributed by atoms with E-state index >= 15 is 0 Å². The zero-order valence-corrected chi connectivity index (χ0v) is 14.0. The summed E-state index contributed by atoms with van der Waals surface area (Å²) in [6.45, 7) is 2.47. The number of H-pyrrole nitrogens is 1. The van der Waals surface area contributed by atoms with Crippen LogP contribution in [0.4, 0.5) is 0 Å². The molecule has 0 atom stereocenters. The summed E-state index contributed by atoms with van der Waals surface area (Å²) in [4.78, 5) is 26.9. The molecule has 0 fully saturated rings. The number of carbonyl (C=O) groups is 1. The molecule has 5 heteroatoms. The van der Waals surface area contributed by atoms with E-state index in [1.165, 1.54) is 0 Å². The van der Waals surface area contributed by atoms with Crippen LogP contribution in [0.15, 0.2) is 59.4 Å². The van der Waals surface area contributed by atoms with Crippen LogP contribution in [-0.2, 0) is 11.3 Å². The average Bonchev–Trinajstić information content (AvgIpc) is 2.61. The van der Waals surface area contributed by atoms with Crippen LogP contribution < -0.4 is 15.6 Å². The van der Waals surface area contributed by atoms with Crippen LogP contribution in [0.25, 0.3) is 10.9 Å². The van der Waals surface area contributed by atoms with E-state index in [0.29, 0.717) is 12.2 Å². The SMILES string of the molecule is Cc1ccc2cc(CNC(=O)CCOc3ccccc3)c(=O)[nH]c2c1. The molecule has 3 rings (SSSR count). The second-order valence-electron chi connectivity index (χ2n) is 5.90. The second-order valence-corrected chi connectivity index (χ2v) is 5.90. The van der Waals surface area contributed by atoms with Gasteiger partial charge in [0.2, 0.25) is 5.91 Å². The number of aryl methyl sites for hydroxylation is 1. The predicted molar refractivity (Wildman–Crippen MR) is 97.7 cm³/mol. The fraction of sp³-hybridized carbons (Fsp3) is 0.200. The zero-order valence-electron chi connectivity index (χ0n) is 14.0. The minimum Gasteiger partial charge on any atom is -0.493 e. The number of rotatable bonds is 6. The number of amides is 1. The van der Waals surface area contributed by atoms with Gasteiger partial charge in [-0.1, -0.05) is 30.3 Å². The van der Waals surface area contributed by atoms with E-state index < -0.39 is 0 Å². The first-order chi connectivity index (χ1) is 12.1. The highest BCUT2D eigenvalue weighted by molar-refractivity contribution is 5.80. The molecule has 0 saturated carbocycles. The van der Waals surface area contributed by atoms with Gasteiger partial charge in [0.25, 0.3) is 5.56 Å². The van der Waals surface area contributed by atoms with E-state index in [1.54, 1.807) is 0 Å². The maximum Gasteiger partial charge on any atom is 0.253 e. The van der Waals surface area contributed by atoms with Crippen molar-refractivity contribution in [2.45, 2.75) is 19.9 Å². The largest absolute Gasteiger partial charge is 0.493 e. The third kappa shape index (κ3) is 4.47. The zero-order chi connectivity index (χ0) is 17.6. The van der Waals surface area contributed by atoms with E-state index in [1.807, 2.05) is 61.5 Å². The lowest BCUT2D eigenvalue weighted by atomic mass is 10.1. The number of para-hydroxylation sites is 1. The van der Waals surface area contributed by atoms with Crippen molar-refractivity contribution in [3.05, 3.63) is 76.1 Å². The van der Waals surface area contributed by atoms with Crippen molar-refractivity contribution in [2.24, 2.45) is 0 Å². The maximum absolute atomic E-state index is 12.1. The monoisotopic (exact) mass is 336 g/mol. The summed E-state index contributed by atoms with van der Waals surface area (Å²) in [5.74, 6) is 0.580. The van der Waals surface area contributed by atoms with Crippen LogP contribution in [0.1, 0.15) is 17.5 Å². The Bertz CT molecular complexity index is 933. The molecule has 3 aromatic rings. The average molecular weight is 336 g/mol. The number of carbonyl (C=O) groups excluding carboxylic acids is 1. The number of hydrogen-bond acceptors (Lipinski definition) is 3. The highest BCUT2D eigenvalue weighted by Gasteiger charge is 2.06. The number of pyridine rings is 1. The number of hydrogen-bond donors (Lipinski definition) is 2. The number of benzene rings is 2. The first-order valence-corrected chi connectivity index (χ1v) is 8.19. The molecule has 25 heavy (non-hydrogen) atoms. The summed E-state index contributed by atoms with van der Waals surface area (Å²) in [7, 11) is 0. The fourth-order valence-electron chi connectivity index (χ4n) is 2.55. The Morgan fingerprint density at radius 2 is 1.92 bits per heavy atom. The van der Waals surface area contributed by atoms with E-state index in [0.717, 1.165) is 22.2 Å². The van der Waals surface area contributed by atoms with Gasteiger partial charge in [0.15, 0.2) is 0 Å². The van der Waals surface area contributed by atoms with E-state index in [-0.39, 0.29) is 24.4 Å². The number of fused-ring (bicyclic) bond motifs is 1. The van der Waals surface area contributed by atoms with E-state index in [4.69, 9.17) is 4.74 Å². The smallest absolute Gasteiger partial charge is 0.253 e. The van der Waals surface area contributed by atoms with Gasteiger partial charge in [-0.15, -0.1) is 0 Å². The van der Waals surface area contributed by atoms with Crippen LogP contribution in [0, 0.1) is 6.92 Å². The maximum atomic E-state index is 12.1. The topological polar surface area (TPSA) is 71.2 Å². The summed E-state index contributed by atoms with van der Waals surface area (Å²) in [5.41, 5.74) is 2.24.